The number of nitrogens with zero attached hydrogens (tertiary/aromatic N) is 3. The van der Waals surface area contributed by atoms with Crippen molar-refractivity contribution in [1.29, 1.82) is 0 Å². The van der Waals surface area contributed by atoms with Gasteiger partial charge >= 0.3 is 0 Å². The van der Waals surface area contributed by atoms with Gasteiger partial charge in [0, 0.05) is 42.6 Å². The van der Waals surface area contributed by atoms with E-state index in [-0.39, 0.29) is 5.91 Å². The van der Waals surface area contributed by atoms with Crippen molar-refractivity contribution in [2.24, 2.45) is 0 Å². The number of aromatic nitrogens is 3. The van der Waals surface area contributed by atoms with Gasteiger partial charge in [-0.2, -0.15) is 0 Å². The van der Waals surface area contributed by atoms with E-state index in [0.717, 1.165) is 38.0 Å². The molecule has 1 fully saturated rings. The lowest BCUT2D eigenvalue weighted by Gasteiger charge is -2.31. The molecule has 1 aliphatic heterocycles. The maximum absolute atomic E-state index is 12.9. The predicted molar refractivity (Wildman–Crippen MR) is 111 cm³/mol. The number of carbonyl (C=O) groups is 1. The van der Waals surface area contributed by atoms with E-state index in [0.29, 0.717) is 11.6 Å². The normalized spacial score (nSPS) is 15.5. The number of carbonyl (C=O) groups excluding carboxylic acids is 1. The van der Waals surface area contributed by atoms with Crippen LogP contribution in [0.5, 0.6) is 0 Å². The van der Waals surface area contributed by atoms with Crippen LogP contribution in [0.2, 0.25) is 0 Å². The third-order valence-corrected chi connectivity index (χ3v) is 6.02. The van der Waals surface area contributed by atoms with Crippen molar-refractivity contribution < 1.29 is 4.79 Å². The first-order valence-corrected chi connectivity index (χ1v) is 10.1. The van der Waals surface area contributed by atoms with Crippen LogP contribution in [0, 0.1) is 0 Å². The van der Waals surface area contributed by atoms with Crippen LogP contribution in [0.4, 0.5) is 0 Å². The molecule has 4 heterocycles. The number of hydrogen-bond acceptors (Lipinski definition) is 2. The van der Waals surface area contributed by atoms with Crippen molar-refractivity contribution in [3.8, 4) is 0 Å². The second-order valence-electron chi connectivity index (χ2n) is 7.60. The van der Waals surface area contributed by atoms with Crippen molar-refractivity contribution in [2.75, 3.05) is 13.1 Å². The molecular formula is C23H24N4O. The SMILES string of the molecule is CCc1cccc2c(C3CCN(C(=O)c4cn5ccccc5n4)CC3)c[nH]c12. The third-order valence-electron chi connectivity index (χ3n) is 6.02. The van der Waals surface area contributed by atoms with Crippen molar-refractivity contribution in [3.05, 3.63) is 71.8 Å². The Bertz CT molecular complexity index is 1110. The summed E-state index contributed by atoms with van der Waals surface area (Å²) in [6, 6.07) is 12.4. The van der Waals surface area contributed by atoms with Crippen LogP contribution in [0.3, 0.4) is 0 Å². The van der Waals surface area contributed by atoms with Crippen LogP contribution in [-0.4, -0.2) is 38.3 Å². The minimum atomic E-state index is 0.0364. The van der Waals surface area contributed by atoms with E-state index < -0.39 is 0 Å². The largest absolute Gasteiger partial charge is 0.361 e. The highest BCUT2D eigenvalue weighted by molar-refractivity contribution is 5.93. The summed E-state index contributed by atoms with van der Waals surface area (Å²) in [6.45, 7) is 3.74. The molecule has 142 valence electrons. The first-order valence-electron chi connectivity index (χ1n) is 10.1. The molecule has 4 aromatic rings. The molecule has 1 aliphatic rings. The minimum absolute atomic E-state index is 0.0364. The maximum atomic E-state index is 12.9. The number of nitrogens with one attached hydrogen (secondary N) is 1. The Balaban J connectivity index is 1.33. The zero-order valence-electron chi connectivity index (χ0n) is 16.1. The number of hydrogen-bond donors (Lipinski definition) is 1. The molecule has 1 amide bonds. The standard InChI is InChI=1S/C23H24N4O/c1-2-16-6-5-7-18-19(14-24-22(16)18)17-9-12-26(13-10-17)23(28)20-15-27-11-4-3-8-21(27)25-20/h3-8,11,14-15,17,24H,2,9-10,12-13H2,1H3. The fourth-order valence-corrected chi connectivity index (χ4v) is 4.46. The van der Waals surface area contributed by atoms with E-state index in [9.17, 15) is 4.79 Å². The van der Waals surface area contributed by atoms with Crippen LogP contribution in [0.1, 0.15) is 47.3 Å². The molecule has 0 atom stereocenters. The number of aryl methyl sites for hydroxylation is 1. The summed E-state index contributed by atoms with van der Waals surface area (Å²) in [5, 5.41) is 1.34. The molecule has 3 aromatic heterocycles. The van der Waals surface area contributed by atoms with Gasteiger partial charge in [0.2, 0.25) is 0 Å². The highest BCUT2D eigenvalue weighted by Gasteiger charge is 2.27. The first-order chi connectivity index (χ1) is 13.7. The highest BCUT2D eigenvalue weighted by atomic mass is 16.2. The van der Waals surface area contributed by atoms with E-state index in [1.807, 2.05) is 39.9 Å². The van der Waals surface area contributed by atoms with E-state index >= 15 is 0 Å². The van der Waals surface area contributed by atoms with Crippen LogP contribution < -0.4 is 0 Å². The lowest BCUT2D eigenvalue weighted by molar-refractivity contribution is 0.0708. The van der Waals surface area contributed by atoms with Crippen LogP contribution in [-0.2, 0) is 6.42 Å². The highest BCUT2D eigenvalue weighted by Crippen LogP contribution is 2.34. The number of pyridine rings is 1. The summed E-state index contributed by atoms with van der Waals surface area (Å²) in [6.07, 6.45) is 8.94. The predicted octanol–water partition coefficient (Wildman–Crippen LogP) is 4.40. The molecule has 1 aromatic carbocycles. The molecule has 0 spiro atoms. The van der Waals surface area contributed by atoms with Gasteiger partial charge in [-0.25, -0.2) is 4.98 Å². The Labute approximate surface area is 164 Å². The average Bonchev–Trinajstić information content (AvgIpc) is 3.37. The molecule has 0 saturated carbocycles. The van der Waals surface area contributed by atoms with Crippen LogP contribution in [0.25, 0.3) is 16.6 Å². The van der Waals surface area contributed by atoms with Crippen LogP contribution >= 0.6 is 0 Å². The summed E-state index contributed by atoms with van der Waals surface area (Å²) >= 11 is 0. The summed E-state index contributed by atoms with van der Waals surface area (Å²) < 4.78 is 1.90. The summed E-state index contributed by atoms with van der Waals surface area (Å²) in [7, 11) is 0. The van der Waals surface area contributed by atoms with Gasteiger partial charge in [0.05, 0.1) is 0 Å². The van der Waals surface area contributed by atoms with Gasteiger partial charge in [0.15, 0.2) is 0 Å². The average molecular weight is 372 g/mol. The zero-order valence-corrected chi connectivity index (χ0v) is 16.1. The van der Waals surface area contributed by atoms with E-state index in [1.165, 1.54) is 22.0 Å². The number of amides is 1. The smallest absolute Gasteiger partial charge is 0.274 e. The second-order valence-corrected chi connectivity index (χ2v) is 7.60. The molecular weight excluding hydrogens is 348 g/mol. The van der Waals surface area contributed by atoms with Crippen molar-refractivity contribution in [1.82, 2.24) is 19.3 Å². The first kappa shape index (κ1) is 17.0. The number of imidazole rings is 1. The van der Waals surface area contributed by atoms with E-state index in [2.05, 4.69) is 41.3 Å². The van der Waals surface area contributed by atoms with E-state index in [1.54, 1.807) is 0 Å². The molecule has 5 nitrogen and oxygen atoms in total. The maximum Gasteiger partial charge on any atom is 0.274 e. The summed E-state index contributed by atoms with van der Waals surface area (Å²) in [4.78, 5) is 22.8. The molecule has 0 aliphatic carbocycles. The number of H-pyrrole nitrogens is 1. The Morgan fingerprint density at radius 3 is 2.82 bits per heavy atom. The molecule has 28 heavy (non-hydrogen) atoms. The van der Waals surface area contributed by atoms with Gasteiger partial charge < -0.3 is 14.3 Å². The number of benzene rings is 1. The Hall–Kier alpha value is -3.08. The van der Waals surface area contributed by atoms with Crippen LogP contribution in [0.15, 0.2) is 55.0 Å². The van der Waals surface area contributed by atoms with Gasteiger partial charge in [-0.15, -0.1) is 0 Å². The monoisotopic (exact) mass is 372 g/mol. The van der Waals surface area contributed by atoms with E-state index in [4.69, 9.17) is 0 Å². The molecule has 5 rings (SSSR count). The number of likely N-dealkylation sites (tertiary alicyclic amines) is 1. The Morgan fingerprint density at radius 2 is 2.04 bits per heavy atom. The minimum Gasteiger partial charge on any atom is -0.361 e. The fourth-order valence-electron chi connectivity index (χ4n) is 4.46. The molecule has 0 unspecified atom stereocenters. The van der Waals surface area contributed by atoms with Gasteiger partial charge in [0.25, 0.3) is 5.91 Å². The molecule has 0 bridgehead atoms. The third kappa shape index (κ3) is 2.78. The fraction of sp³-hybridized carbons (Fsp3) is 0.304. The zero-order chi connectivity index (χ0) is 19.1. The van der Waals surface area contributed by atoms with Crippen molar-refractivity contribution in [2.45, 2.75) is 32.1 Å². The molecule has 0 radical (unpaired) electrons. The number of rotatable bonds is 3. The topological polar surface area (TPSA) is 53.4 Å². The Kier molecular flexibility index (Phi) is 4.15. The molecule has 5 heteroatoms. The molecule has 1 N–H and O–H groups in total. The van der Waals surface area contributed by atoms with Crippen molar-refractivity contribution >= 4 is 22.5 Å². The quantitative estimate of drug-likeness (QED) is 0.580. The van der Waals surface area contributed by atoms with Gasteiger partial charge in [0.1, 0.15) is 11.3 Å². The van der Waals surface area contributed by atoms with Gasteiger partial charge in [-0.05, 0) is 48.4 Å². The number of para-hydroxylation sites is 1. The van der Waals surface area contributed by atoms with Gasteiger partial charge in [-0.1, -0.05) is 31.2 Å². The van der Waals surface area contributed by atoms with Crippen molar-refractivity contribution in [3.63, 3.8) is 0 Å². The second kappa shape index (κ2) is 6.82. The molecule has 1 saturated heterocycles. The number of piperidine rings is 1. The Morgan fingerprint density at radius 1 is 1.18 bits per heavy atom. The number of fused-ring (bicyclic) bond motifs is 2. The van der Waals surface area contributed by atoms with Gasteiger partial charge in [-0.3, -0.25) is 4.79 Å². The number of aromatic amines is 1. The lowest BCUT2D eigenvalue weighted by Crippen LogP contribution is -2.38. The lowest BCUT2D eigenvalue weighted by atomic mass is 9.88. The summed E-state index contributed by atoms with van der Waals surface area (Å²) in [5.74, 6) is 0.528. The summed E-state index contributed by atoms with van der Waals surface area (Å²) in [5.41, 5.74) is 5.37.